The standard InChI is InChI=1S/C66H46N4/c1-5-17-47(18-6-1)48-29-41-58(42-30-48)70-64-28-16-15-27-63(64)69(55-23-11-4-12-24-55)65-44-36-52(46-66(65)70)50-33-39-57(40-34-50)67(53-19-7-2-8-20-53)56-37-31-49(32-38-56)51-35-43-62-60(45-51)59-25-13-14-26-61(59)68(62)54-21-9-3-10-22-54/h1-46H. The molecule has 1 aromatic heterocycles. The van der Waals surface area contributed by atoms with Crippen LogP contribution in [0.15, 0.2) is 279 Å². The Morgan fingerprint density at radius 1 is 0.229 bits per heavy atom. The van der Waals surface area contributed by atoms with Gasteiger partial charge in [-0.15, -0.1) is 0 Å². The van der Waals surface area contributed by atoms with E-state index >= 15 is 0 Å². The number of nitrogens with zero attached hydrogens (tertiary/aromatic N) is 4. The molecule has 70 heavy (non-hydrogen) atoms. The molecule has 4 nitrogen and oxygen atoms in total. The van der Waals surface area contributed by atoms with Crippen molar-refractivity contribution in [2.45, 2.75) is 0 Å². The summed E-state index contributed by atoms with van der Waals surface area (Å²) in [5, 5.41) is 2.49. The average molecular weight is 895 g/mol. The van der Waals surface area contributed by atoms with Crippen LogP contribution in [0.25, 0.3) is 60.9 Å². The zero-order chi connectivity index (χ0) is 46.4. The van der Waals surface area contributed by atoms with Crippen LogP contribution in [0.5, 0.6) is 0 Å². The van der Waals surface area contributed by atoms with Gasteiger partial charge in [-0.2, -0.15) is 0 Å². The van der Waals surface area contributed by atoms with Crippen LogP contribution in [-0.2, 0) is 0 Å². The molecule has 330 valence electrons. The fourth-order valence-corrected chi connectivity index (χ4v) is 10.4. The van der Waals surface area contributed by atoms with E-state index in [0.29, 0.717) is 0 Å². The maximum Gasteiger partial charge on any atom is 0.0709 e. The van der Waals surface area contributed by atoms with Gasteiger partial charge in [-0.3, -0.25) is 0 Å². The zero-order valence-electron chi connectivity index (χ0n) is 38.3. The monoisotopic (exact) mass is 894 g/mol. The minimum Gasteiger partial charge on any atom is -0.311 e. The van der Waals surface area contributed by atoms with Crippen molar-refractivity contribution >= 4 is 73.0 Å². The number of rotatable bonds is 9. The van der Waals surface area contributed by atoms with E-state index in [0.717, 1.165) is 68.0 Å². The second-order valence-corrected chi connectivity index (χ2v) is 17.8. The van der Waals surface area contributed by atoms with Crippen molar-refractivity contribution in [1.82, 2.24) is 4.57 Å². The Hall–Kier alpha value is -9.38. The lowest BCUT2D eigenvalue weighted by Gasteiger charge is -2.40. The molecule has 0 amide bonds. The minimum atomic E-state index is 1.08. The van der Waals surface area contributed by atoms with Gasteiger partial charge in [-0.25, -0.2) is 0 Å². The lowest BCUT2D eigenvalue weighted by atomic mass is 9.98. The molecule has 2 heterocycles. The van der Waals surface area contributed by atoms with Crippen molar-refractivity contribution in [3.63, 3.8) is 0 Å². The first kappa shape index (κ1) is 40.9. The predicted octanol–water partition coefficient (Wildman–Crippen LogP) is 18.5. The molecule has 13 rings (SSSR count). The number of anilines is 9. The smallest absolute Gasteiger partial charge is 0.0709 e. The maximum atomic E-state index is 2.42. The fraction of sp³-hybridized carbons (Fsp3) is 0. The van der Waals surface area contributed by atoms with E-state index < -0.39 is 0 Å². The summed E-state index contributed by atoms with van der Waals surface area (Å²) in [4.78, 5) is 7.14. The highest BCUT2D eigenvalue weighted by molar-refractivity contribution is 6.10. The summed E-state index contributed by atoms with van der Waals surface area (Å²) < 4.78 is 2.37. The van der Waals surface area contributed by atoms with E-state index in [2.05, 4.69) is 298 Å². The van der Waals surface area contributed by atoms with Crippen LogP contribution >= 0.6 is 0 Å². The molecule has 12 aromatic rings. The highest BCUT2D eigenvalue weighted by Gasteiger charge is 2.31. The van der Waals surface area contributed by atoms with Gasteiger partial charge < -0.3 is 19.3 Å². The predicted molar refractivity (Wildman–Crippen MR) is 295 cm³/mol. The van der Waals surface area contributed by atoms with Crippen molar-refractivity contribution in [3.8, 4) is 39.1 Å². The van der Waals surface area contributed by atoms with Gasteiger partial charge in [0.15, 0.2) is 0 Å². The molecule has 1 aliphatic heterocycles. The molecule has 0 atom stereocenters. The SMILES string of the molecule is c1ccc(-c2ccc(N3c4ccccc4N(c4ccccc4)c4ccc(-c5ccc(N(c6ccccc6)c6ccc(-c7ccc8c(c7)c7ccccc7n8-c7ccccc7)cc6)cc5)cc43)cc2)cc1. The summed E-state index contributed by atoms with van der Waals surface area (Å²) in [5.74, 6) is 0. The summed E-state index contributed by atoms with van der Waals surface area (Å²) in [6.45, 7) is 0. The van der Waals surface area contributed by atoms with Crippen molar-refractivity contribution in [2.75, 3.05) is 14.7 Å². The molecular formula is C66H46N4. The van der Waals surface area contributed by atoms with E-state index in [9.17, 15) is 0 Å². The van der Waals surface area contributed by atoms with E-state index in [-0.39, 0.29) is 0 Å². The Kier molecular flexibility index (Phi) is 10.1. The first-order valence-corrected chi connectivity index (χ1v) is 23.9. The summed E-state index contributed by atoms with van der Waals surface area (Å²) in [7, 11) is 0. The quantitative estimate of drug-likeness (QED) is 0.143. The van der Waals surface area contributed by atoms with Gasteiger partial charge in [0.2, 0.25) is 0 Å². The molecule has 0 saturated carbocycles. The van der Waals surface area contributed by atoms with Crippen LogP contribution in [0.3, 0.4) is 0 Å². The summed E-state index contributed by atoms with van der Waals surface area (Å²) in [5.41, 5.74) is 20.6. The van der Waals surface area contributed by atoms with Crippen molar-refractivity contribution < 1.29 is 0 Å². The molecule has 0 N–H and O–H groups in total. The van der Waals surface area contributed by atoms with Crippen LogP contribution in [0.1, 0.15) is 0 Å². The highest BCUT2D eigenvalue weighted by Crippen LogP contribution is 2.55. The van der Waals surface area contributed by atoms with Gasteiger partial charge in [0, 0.05) is 44.9 Å². The minimum absolute atomic E-state index is 1.08. The number of fused-ring (bicyclic) bond motifs is 5. The Bertz CT molecular complexity index is 3790. The Balaban J connectivity index is 0.858. The van der Waals surface area contributed by atoms with E-state index in [1.165, 1.54) is 44.1 Å². The molecule has 11 aromatic carbocycles. The van der Waals surface area contributed by atoms with Crippen LogP contribution in [0, 0.1) is 0 Å². The molecule has 4 heteroatoms. The van der Waals surface area contributed by atoms with Gasteiger partial charge in [-0.05, 0) is 149 Å². The van der Waals surface area contributed by atoms with E-state index in [1.807, 2.05) is 0 Å². The number of hydrogen-bond acceptors (Lipinski definition) is 3. The van der Waals surface area contributed by atoms with Crippen LogP contribution in [-0.4, -0.2) is 4.57 Å². The summed E-state index contributed by atoms with van der Waals surface area (Å²) in [6.07, 6.45) is 0. The van der Waals surface area contributed by atoms with Crippen LogP contribution < -0.4 is 14.7 Å². The molecule has 0 fully saturated rings. The Labute approximate surface area is 408 Å². The van der Waals surface area contributed by atoms with Gasteiger partial charge in [-0.1, -0.05) is 164 Å². The molecular weight excluding hydrogens is 849 g/mol. The zero-order valence-corrected chi connectivity index (χ0v) is 38.3. The highest BCUT2D eigenvalue weighted by atomic mass is 15.3. The maximum absolute atomic E-state index is 2.42. The second kappa shape index (κ2) is 17.4. The Morgan fingerprint density at radius 2 is 0.629 bits per heavy atom. The molecule has 0 aliphatic carbocycles. The van der Waals surface area contributed by atoms with Gasteiger partial charge in [0.25, 0.3) is 0 Å². The molecule has 0 unspecified atom stereocenters. The first-order valence-electron chi connectivity index (χ1n) is 23.9. The molecule has 0 spiro atoms. The molecule has 0 saturated heterocycles. The third kappa shape index (κ3) is 7.18. The van der Waals surface area contributed by atoms with Gasteiger partial charge in [0.05, 0.1) is 33.8 Å². The number of aromatic nitrogens is 1. The summed E-state index contributed by atoms with van der Waals surface area (Å²) >= 11 is 0. The van der Waals surface area contributed by atoms with E-state index in [4.69, 9.17) is 0 Å². The lowest BCUT2D eigenvalue weighted by Crippen LogP contribution is -2.24. The number of para-hydroxylation sites is 6. The number of hydrogen-bond donors (Lipinski definition) is 0. The van der Waals surface area contributed by atoms with Crippen molar-refractivity contribution in [3.05, 3.63) is 279 Å². The fourth-order valence-electron chi connectivity index (χ4n) is 10.4. The van der Waals surface area contributed by atoms with Crippen LogP contribution in [0.2, 0.25) is 0 Å². The summed E-state index contributed by atoms with van der Waals surface area (Å²) in [6, 6.07) is 101. The molecule has 0 radical (unpaired) electrons. The first-order chi connectivity index (χ1) is 34.7. The molecule has 1 aliphatic rings. The van der Waals surface area contributed by atoms with Crippen molar-refractivity contribution in [2.24, 2.45) is 0 Å². The Morgan fingerprint density at radius 3 is 1.27 bits per heavy atom. The van der Waals surface area contributed by atoms with Crippen molar-refractivity contribution in [1.29, 1.82) is 0 Å². The number of benzene rings is 11. The third-order valence-corrected chi connectivity index (χ3v) is 13.7. The van der Waals surface area contributed by atoms with Crippen LogP contribution in [0.4, 0.5) is 51.2 Å². The largest absolute Gasteiger partial charge is 0.311 e. The lowest BCUT2D eigenvalue weighted by molar-refractivity contribution is 1.17. The average Bonchev–Trinajstić information content (AvgIpc) is 3.77. The van der Waals surface area contributed by atoms with E-state index in [1.54, 1.807) is 0 Å². The van der Waals surface area contributed by atoms with Gasteiger partial charge >= 0.3 is 0 Å². The van der Waals surface area contributed by atoms with Gasteiger partial charge in [0.1, 0.15) is 0 Å². The topological polar surface area (TPSA) is 14.7 Å². The molecule has 0 bridgehead atoms. The normalized spacial score (nSPS) is 11.9. The second-order valence-electron chi connectivity index (χ2n) is 17.8. The third-order valence-electron chi connectivity index (χ3n) is 13.7.